The van der Waals surface area contributed by atoms with Crippen LogP contribution in [-0.2, 0) is 4.79 Å². The zero-order valence-electron chi connectivity index (χ0n) is 10.8. The van der Waals surface area contributed by atoms with E-state index < -0.39 is 11.9 Å². The van der Waals surface area contributed by atoms with Crippen molar-refractivity contribution in [2.24, 2.45) is 0 Å². The molecule has 0 unspecified atom stereocenters. The molecule has 0 radical (unpaired) electrons. The van der Waals surface area contributed by atoms with Crippen LogP contribution in [0.15, 0.2) is 48.5 Å². The van der Waals surface area contributed by atoms with Crippen LogP contribution in [0.25, 0.3) is 0 Å². The van der Waals surface area contributed by atoms with Crippen molar-refractivity contribution in [3.8, 4) is 11.5 Å². The minimum Gasteiger partial charge on any atom is -0.480 e. The van der Waals surface area contributed by atoms with E-state index in [1.54, 1.807) is 24.3 Å². The SMILES string of the molecule is O=C(COc1ccccc1Cl)Oc1cccc(C(=O)O)c1. The first-order valence-electron chi connectivity index (χ1n) is 5.97. The van der Waals surface area contributed by atoms with Crippen LogP contribution < -0.4 is 9.47 Å². The van der Waals surface area contributed by atoms with Gasteiger partial charge in [-0.15, -0.1) is 0 Å². The number of para-hydroxylation sites is 1. The van der Waals surface area contributed by atoms with E-state index in [1.165, 1.54) is 24.3 Å². The molecule has 0 aliphatic rings. The van der Waals surface area contributed by atoms with Gasteiger partial charge in [-0.1, -0.05) is 29.8 Å². The lowest BCUT2D eigenvalue weighted by Gasteiger charge is -2.08. The summed E-state index contributed by atoms with van der Waals surface area (Å²) >= 11 is 5.88. The summed E-state index contributed by atoms with van der Waals surface area (Å²) in [6, 6.07) is 12.4. The van der Waals surface area contributed by atoms with Crippen molar-refractivity contribution in [2.45, 2.75) is 0 Å². The van der Waals surface area contributed by atoms with E-state index in [9.17, 15) is 9.59 Å². The Morgan fingerprint density at radius 1 is 1.10 bits per heavy atom. The molecule has 1 N–H and O–H groups in total. The van der Waals surface area contributed by atoms with Crippen molar-refractivity contribution >= 4 is 23.5 Å². The highest BCUT2D eigenvalue weighted by Crippen LogP contribution is 2.23. The normalized spacial score (nSPS) is 9.95. The average Bonchev–Trinajstić information content (AvgIpc) is 2.46. The Hall–Kier alpha value is -2.53. The molecule has 2 aromatic carbocycles. The standard InChI is InChI=1S/C15H11ClO5/c16-12-6-1-2-7-13(12)20-9-14(17)21-11-5-3-4-10(8-11)15(18)19/h1-8H,9H2,(H,18,19). The molecule has 108 valence electrons. The molecule has 6 heteroatoms. The number of carboxylic acid groups (broad SMARTS) is 1. The second-order valence-electron chi connectivity index (χ2n) is 4.03. The second-order valence-corrected chi connectivity index (χ2v) is 4.43. The molecule has 21 heavy (non-hydrogen) atoms. The van der Waals surface area contributed by atoms with Crippen LogP contribution in [0.4, 0.5) is 0 Å². The van der Waals surface area contributed by atoms with Crippen LogP contribution in [0.2, 0.25) is 5.02 Å². The predicted octanol–water partition coefficient (Wildman–Crippen LogP) is 3.02. The first-order valence-corrected chi connectivity index (χ1v) is 6.35. The van der Waals surface area contributed by atoms with Gasteiger partial charge in [-0.2, -0.15) is 0 Å². The van der Waals surface area contributed by atoms with Gasteiger partial charge in [0, 0.05) is 0 Å². The Bertz CT molecular complexity index is 669. The molecule has 0 atom stereocenters. The zero-order valence-corrected chi connectivity index (χ0v) is 11.5. The molecule has 0 aliphatic carbocycles. The van der Waals surface area contributed by atoms with Crippen molar-refractivity contribution in [1.82, 2.24) is 0 Å². The summed E-state index contributed by atoms with van der Waals surface area (Å²) in [5, 5.41) is 9.23. The Kier molecular flexibility index (Phi) is 4.79. The molecule has 0 bridgehead atoms. The van der Waals surface area contributed by atoms with Gasteiger partial charge in [0.1, 0.15) is 11.5 Å². The number of benzene rings is 2. The maximum atomic E-state index is 11.6. The fraction of sp³-hybridized carbons (Fsp3) is 0.0667. The minimum atomic E-state index is -1.10. The maximum absolute atomic E-state index is 11.6. The van der Waals surface area contributed by atoms with Gasteiger partial charge in [0.2, 0.25) is 0 Å². The molecule has 0 aliphatic heterocycles. The van der Waals surface area contributed by atoms with Crippen LogP contribution in [0.5, 0.6) is 11.5 Å². The number of ether oxygens (including phenoxy) is 2. The fourth-order valence-electron chi connectivity index (χ4n) is 1.55. The number of carbonyl (C=O) groups is 2. The quantitative estimate of drug-likeness (QED) is 0.679. The second kappa shape index (κ2) is 6.76. The van der Waals surface area contributed by atoms with E-state index in [0.717, 1.165) is 0 Å². The third-order valence-electron chi connectivity index (χ3n) is 2.49. The molecule has 0 heterocycles. The Morgan fingerprint density at radius 2 is 1.86 bits per heavy atom. The third-order valence-corrected chi connectivity index (χ3v) is 2.81. The highest BCUT2D eigenvalue weighted by Gasteiger charge is 2.10. The number of halogens is 1. The van der Waals surface area contributed by atoms with Crippen LogP contribution in [0.3, 0.4) is 0 Å². The van der Waals surface area contributed by atoms with Crippen LogP contribution in [0.1, 0.15) is 10.4 Å². The molecular weight excluding hydrogens is 296 g/mol. The molecule has 0 spiro atoms. The zero-order chi connectivity index (χ0) is 15.2. The predicted molar refractivity (Wildman–Crippen MR) is 76.0 cm³/mol. The molecule has 0 fully saturated rings. The smallest absolute Gasteiger partial charge is 0.349 e. The third kappa shape index (κ3) is 4.22. The largest absolute Gasteiger partial charge is 0.480 e. The lowest BCUT2D eigenvalue weighted by Crippen LogP contribution is -2.18. The van der Waals surface area contributed by atoms with Gasteiger partial charge in [-0.3, -0.25) is 0 Å². The first kappa shape index (κ1) is 14.9. The summed E-state index contributed by atoms with van der Waals surface area (Å²) in [5.41, 5.74) is 0.0346. The number of carboxylic acids is 1. The number of carbonyl (C=O) groups excluding carboxylic acids is 1. The monoisotopic (exact) mass is 306 g/mol. The van der Waals surface area contributed by atoms with Crippen LogP contribution in [0, 0.1) is 0 Å². The van der Waals surface area contributed by atoms with E-state index in [2.05, 4.69) is 0 Å². The molecule has 0 aromatic heterocycles. The number of aromatic carboxylic acids is 1. The summed E-state index contributed by atoms with van der Waals surface area (Å²) in [4.78, 5) is 22.4. The van der Waals surface area contributed by atoms with Gasteiger partial charge in [0.05, 0.1) is 10.6 Å². The van der Waals surface area contributed by atoms with Crippen LogP contribution >= 0.6 is 11.6 Å². The van der Waals surface area contributed by atoms with Crippen molar-refractivity contribution < 1.29 is 24.2 Å². The van der Waals surface area contributed by atoms with Gasteiger partial charge in [-0.05, 0) is 30.3 Å². The van der Waals surface area contributed by atoms with E-state index >= 15 is 0 Å². The Morgan fingerprint density at radius 3 is 2.57 bits per heavy atom. The van der Waals surface area contributed by atoms with E-state index in [4.69, 9.17) is 26.2 Å². The fourth-order valence-corrected chi connectivity index (χ4v) is 1.74. The van der Waals surface area contributed by atoms with Crippen molar-refractivity contribution in [3.05, 3.63) is 59.1 Å². The van der Waals surface area contributed by atoms with Crippen molar-refractivity contribution in [1.29, 1.82) is 0 Å². The van der Waals surface area contributed by atoms with Crippen LogP contribution in [-0.4, -0.2) is 23.7 Å². The molecule has 2 aromatic rings. The highest BCUT2D eigenvalue weighted by molar-refractivity contribution is 6.32. The van der Waals surface area contributed by atoms with E-state index in [0.29, 0.717) is 10.8 Å². The molecule has 0 amide bonds. The number of hydrogen-bond acceptors (Lipinski definition) is 4. The van der Waals surface area contributed by atoms with E-state index in [1.807, 2.05) is 0 Å². The van der Waals surface area contributed by atoms with Crippen molar-refractivity contribution in [3.63, 3.8) is 0 Å². The summed E-state index contributed by atoms with van der Waals surface area (Å²) < 4.78 is 10.2. The molecule has 2 rings (SSSR count). The average molecular weight is 307 g/mol. The van der Waals surface area contributed by atoms with Gasteiger partial charge >= 0.3 is 11.9 Å². The van der Waals surface area contributed by atoms with Crippen molar-refractivity contribution in [2.75, 3.05) is 6.61 Å². The van der Waals surface area contributed by atoms with Gasteiger partial charge in [-0.25, -0.2) is 9.59 Å². The van der Waals surface area contributed by atoms with Gasteiger partial charge < -0.3 is 14.6 Å². The van der Waals surface area contributed by atoms with E-state index in [-0.39, 0.29) is 17.9 Å². The highest BCUT2D eigenvalue weighted by atomic mass is 35.5. The maximum Gasteiger partial charge on any atom is 0.349 e. The number of rotatable bonds is 5. The first-order chi connectivity index (χ1) is 10.1. The molecule has 0 saturated carbocycles. The topological polar surface area (TPSA) is 72.8 Å². The summed E-state index contributed by atoms with van der Waals surface area (Å²) in [7, 11) is 0. The molecular formula is C15H11ClO5. The minimum absolute atomic E-state index is 0.0346. The Labute approximate surface area is 125 Å². The lowest BCUT2D eigenvalue weighted by atomic mass is 10.2. The summed E-state index contributed by atoms with van der Waals surface area (Å²) in [6.45, 7) is -0.332. The van der Waals surface area contributed by atoms with Gasteiger partial charge in [0.15, 0.2) is 6.61 Å². The number of esters is 1. The van der Waals surface area contributed by atoms with Gasteiger partial charge in [0.25, 0.3) is 0 Å². The molecule has 5 nitrogen and oxygen atoms in total. The number of hydrogen-bond donors (Lipinski definition) is 1. The summed E-state index contributed by atoms with van der Waals surface area (Å²) in [5.74, 6) is -1.24. The Balaban J connectivity index is 1.95. The summed E-state index contributed by atoms with van der Waals surface area (Å²) in [6.07, 6.45) is 0. The molecule has 0 saturated heterocycles. The lowest BCUT2D eigenvalue weighted by molar-refractivity contribution is -0.136.